The van der Waals surface area contributed by atoms with Crippen LogP contribution in [0.5, 0.6) is 0 Å². The molecule has 1 N–H and O–H groups in total. The highest BCUT2D eigenvalue weighted by molar-refractivity contribution is 7.92. The molecular formula is C35H33Cl4N3O4S. The number of hydrogen-bond donors (Lipinski definition) is 1. The number of nitrogens with zero attached hydrogens (tertiary/aromatic N) is 2. The van der Waals surface area contributed by atoms with E-state index in [9.17, 15) is 18.0 Å². The first kappa shape index (κ1) is 35.0. The molecule has 0 aromatic heterocycles. The van der Waals surface area contributed by atoms with Crippen molar-refractivity contribution in [3.8, 4) is 0 Å². The maximum Gasteiger partial charge on any atom is 0.264 e. The van der Waals surface area contributed by atoms with Crippen LogP contribution in [-0.4, -0.2) is 43.8 Å². The molecule has 1 atom stereocenters. The van der Waals surface area contributed by atoms with E-state index in [-0.39, 0.29) is 50.6 Å². The minimum absolute atomic E-state index is 0.00568. The number of sulfonamides is 1. The van der Waals surface area contributed by atoms with E-state index in [0.29, 0.717) is 10.6 Å². The molecule has 1 fully saturated rings. The Balaban J connectivity index is 1.58. The quantitative estimate of drug-likeness (QED) is 0.159. The van der Waals surface area contributed by atoms with Gasteiger partial charge in [-0.2, -0.15) is 0 Å². The predicted octanol–water partition coefficient (Wildman–Crippen LogP) is 8.19. The van der Waals surface area contributed by atoms with Gasteiger partial charge in [0.25, 0.3) is 10.0 Å². The molecule has 5 rings (SSSR count). The topological polar surface area (TPSA) is 86.8 Å². The Bertz CT molecular complexity index is 1820. The molecular weight excluding hydrogens is 700 g/mol. The van der Waals surface area contributed by atoms with E-state index in [2.05, 4.69) is 5.32 Å². The van der Waals surface area contributed by atoms with Gasteiger partial charge in [-0.05, 0) is 66.4 Å². The van der Waals surface area contributed by atoms with E-state index in [1.807, 2.05) is 30.3 Å². The van der Waals surface area contributed by atoms with Crippen molar-refractivity contribution in [2.75, 3.05) is 10.8 Å². The molecule has 12 heteroatoms. The maximum atomic E-state index is 14.6. The fraction of sp³-hybridized carbons (Fsp3) is 0.257. The summed E-state index contributed by atoms with van der Waals surface area (Å²) in [7, 11) is -4.28. The van der Waals surface area contributed by atoms with Gasteiger partial charge in [0.15, 0.2) is 0 Å². The van der Waals surface area contributed by atoms with Gasteiger partial charge in [-0.15, -0.1) is 0 Å². The van der Waals surface area contributed by atoms with Crippen molar-refractivity contribution in [1.82, 2.24) is 10.2 Å². The molecule has 0 aliphatic heterocycles. The van der Waals surface area contributed by atoms with Gasteiger partial charge in [-0.3, -0.25) is 13.9 Å². The van der Waals surface area contributed by atoms with Crippen LogP contribution >= 0.6 is 46.4 Å². The number of halogens is 4. The van der Waals surface area contributed by atoms with Crippen LogP contribution in [-0.2, 0) is 32.6 Å². The summed E-state index contributed by atoms with van der Waals surface area (Å²) in [6, 6.07) is 25.5. The first-order valence-electron chi connectivity index (χ1n) is 15.1. The molecule has 0 saturated heterocycles. The third-order valence-corrected chi connectivity index (χ3v) is 11.4. The summed E-state index contributed by atoms with van der Waals surface area (Å²) >= 11 is 25.0. The molecule has 0 unspecified atom stereocenters. The Morgan fingerprint density at radius 2 is 1.34 bits per heavy atom. The first-order valence-corrected chi connectivity index (χ1v) is 18.1. The van der Waals surface area contributed by atoms with Gasteiger partial charge in [0, 0.05) is 19.0 Å². The summed E-state index contributed by atoms with van der Waals surface area (Å²) in [6.07, 6.45) is 3.92. The predicted molar refractivity (Wildman–Crippen MR) is 189 cm³/mol. The molecule has 7 nitrogen and oxygen atoms in total. The van der Waals surface area contributed by atoms with E-state index in [0.717, 1.165) is 35.6 Å². The largest absolute Gasteiger partial charge is 0.352 e. The van der Waals surface area contributed by atoms with Gasteiger partial charge < -0.3 is 10.2 Å². The molecule has 1 aliphatic rings. The monoisotopic (exact) mass is 731 g/mol. The van der Waals surface area contributed by atoms with Crippen LogP contribution in [0.4, 0.5) is 5.69 Å². The third kappa shape index (κ3) is 8.80. The van der Waals surface area contributed by atoms with Crippen molar-refractivity contribution in [3.05, 3.63) is 128 Å². The molecule has 246 valence electrons. The second kappa shape index (κ2) is 15.8. The summed E-state index contributed by atoms with van der Waals surface area (Å²) in [6.45, 7) is -0.662. The summed E-state index contributed by atoms with van der Waals surface area (Å²) < 4.78 is 29.2. The SMILES string of the molecule is O=C(NC1CCCC1)[C@H](Cc1ccccc1)N(Cc1ccc(Cl)c(Cl)c1)C(=O)CN(c1ccc(Cl)c(Cl)c1)S(=O)(=O)c1ccccc1. The Morgan fingerprint density at radius 1 is 0.745 bits per heavy atom. The van der Waals surface area contributed by atoms with Crippen molar-refractivity contribution in [2.45, 2.75) is 55.6 Å². The molecule has 0 heterocycles. The number of carbonyl (C=O) groups is 2. The normalized spacial score (nSPS) is 14.0. The third-order valence-electron chi connectivity index (χ3n) is 8.11. The number of nitrogens with one attached hydrogen (secondary N) is 1. The number of anilines is 1. The molecule has 1 aliphatic carbocycles. The lowest BCUT2D eigenvalue weighted by Gasteiger charge is -2.34. The summed E-state index contributed by atoms with van der Waals surface area (Å²) in [5.41, 5.74) is 1.59. The molecule has 0 spiro atoms. The Labute approximate surface area is 295 Å². The van der Waals surface area contributed by atoms with Crippen LogP contribution in [0.2, 0.25) is 20.1 Å². The molecule has 4 aromatic rings. The number of amides is 2. The first-order chi connectivity index (χ1) is 22.5. The molecule has 2 amide bonds. The number of carbonyl (C=O) groups excluding carboxylic acids is 2. The van der Waals surface area contributed by atoms with E-state index in [1.54, 1.807) is 36.4 Å². The zero-order valence-electron chi connectivity index (χ0n) is 25.3. The average Bonchev–Trinajstić information content (AvgIpc) is 3.58. The van der Waals surface area contributed by atoms with Crippen LogP contribution in [0.1, 0.15) is 36.8 Å². The van der Waals surface area contributed by atoms with Gasteiger partial charge >= 0.3 is 0 Å². The van der Waals surface area contributed by atoms with Gasteiger partial charge in [-0.25, -0.2) is 8.42 Å². The summed E-state index contributed by atoms with van der Waals surface area (Å²) in [4.78, 5) is 30.1. The van der Waals surface area contributed by atoms with E-state index in [1.165, 1.54) is 35.2 Å². The Morgan fingerprint density at radius 3 is 1.96 bits per heavy atom. The van der Waals surface area contributed by atoms with Crippen molar-refractivity contribution < 1.29 is 18.0 Å². The van der Waals surface area contributed by atoms with E-state index < -0.39 is 28.5 Å². The Hall–Kier alpha value is -3.27. The van der Waals surface area contributed by atoms with E-state index in [4.69, 9.17) is 46.4 Å². The molecule has 0 radical (unpaired) electrons. The number of hydrogen-bond acceptors (Lipinski definition) is 4. The minimum atomic E-state index is -4.28. The van der Waals surface area contributed by atoms with Crippen molar-refractivity contribution >= 4 is 73.9 Å². The molecule has 1 saturated carbocycles. The Kier molecular flexibility index (Phi) is 11.7. The average molecular weight is 734 g/mol. The summed E-state index contributed by atoms with van der Waals surface area (Å²) in [5, 5.41) is 4.13. The van der Waals surface area contributed by atoms with E-state index >= 15 is 0 Å². The highest BCUT2D eigenvalue weighted by atomic mass is 35.5. The van der Waals surface area contributed by atoms with Crippen molar-refractivity contribution in [1.29, 1.82) is 0 Å². The lowest BCUT2D eigenvalue weighted by molar-refractivity contribution is -0.140. The second-order valence-corrected chi connectivity index (χ2v) is 14.9. The molecule has 0 bridgehead atoms. The van der Waals surface area contributed by atoms with Crippen LogP contribution in [0.3, 0.4) is 0 Å². The van der Waals surface area contributed by atoms with Gasteiger partial charge in [0.2, 0.25) is 11.8 Å². The molecule has 4 aromatic carbocycles. The highest BCUT2D eigenvalue weighted by Crippen LogP contribution is 2.31. The minimum Gasteiger partial charge on any atom is -0.352 e. The smallest absolute Gasteiger partial charge is 0.264 e. The van der Waals surface area contributed by atoms with Crippen molar-refractivity contribution in [3.63, 3.8) is 0 Å². The second-order valence-electron chi connectivity index (χ2n) is 11.4. The van der Waals surface area contributed by atoms with Crippen LogP contribution in [0.25, 0.3) is 0 Å². The summed E-state index contributed by atoms with van der Waals surface area (Å²) in [5.74, 6) is -0.926. The van der Waals surface area contributed by atoms with Gasteiger partial charge in [0.05, 0.1) is 30.7 Å². The standard InChI is InChI=1S/C35H33Cl4N3O4S/c36-29-17-15-25(19-31(29)38)22-41(33(20-24-9-3-1-4-10-24)35(44)40-26-11-7-8-12-26)34(43)23-42(27-16-18-30(37)32(39)21-27)47(45,46)28-13-5-2-6-14-28/h1-6,9-10,13-19,21,26,33H,7-8,11-12,20,22-23H2,(H,40,44)/t33-/m0/s1. The van der Waals surface area contributed by atoms with Crippen LogP contribution in [0, 0.1) is 0 Å². The zero-order chi connectivity index (χ0) is 33.6. The highest BCUT2D eigenvalue weighted by Gasteiger charge is 2.35. The fourth-order valence-electron chi connectivity index (χ4n) is 5.64. The van der Waals surface area contributed by atoms with Crippen LogP contribution < -0.4 is 9.62 Å². The lowest BCUT2D eigenvalue weighted by Crippen LogP contribution is -2.54. The number of benzene rings is 4. The maximum absolute atomic E-state index is 14.6. The lowest BCUT2D eigenvalue weighted by atomic mass is 10.0. The molecule has 47 heavy (non-hydrogen) atoms. The van der Waals surface area contributed by atoms with Gasteiger partial charge in [-0.1, -0.05) is 114 Å². The van der Waals surface area contributed by atoms with Crippen molar-refractivity contribution in [2.24, 2.45) is 0 Å². The zero-order valence-corrected chi connectivity index (χ0v) is 29.1. The van der Waals surface area contributed by atoms with Crippen LogP contribution in [0.15, 0.2) is 102 Å². The fourth-order valence-corrected chi connectivity index (χ4v) is 7.68. The van der Waals surface area contributed by atoms with Gasteiger partial charge in [0.1, 0.15) is 12.6 Å². The number of rotatable bonds is 12.